The summed E-state index contributed by atoms with van der Waals surface area (Å²) in [6.45, 7) is 9.65. The Kier molecular flexibility index (Phi) is 3.43. The van der Waals surface area contributed by atoms with Gasteiger partial charge in [-0.1, -0.05) is 53.4 Å². The summed E-state index contributed by atoms with van der Waals surface area (Å²) in [5, 5.41) is 0. The average Bonchev–Trinajstić information content (AvgIpc) is 2.04. The van der Waals surface area contributed by atoms with E-state index in [1.54, 1.807) is 0 Å². The van der Waals surface area contributed by atoms with Crippen LogP contribution in [0.5, 0.6) is 0 Å². The summed E-state index contributed by atoms with van der Waals surface area (Å²) < 4.78 is 0. The van der Waals surface area contributed by atoms with Crippen LogP contribution in [0.15, 0.2) is 0 Å². The molecule has 1 rings (SSSR count). The van der Waals surface area contributed by atoms with Crippen LogP contribution >= 0.6 is 0 Å². The Balaban J connectivity index is 2.73. The topological polar surface area (TPSA) is 0 Å². The summed E-state index contributed by atoms with van der Waals surface area (Å²) in [5.74, 6) is 0. The van der Waals surface area contributed by atoms with Gasteiger partial charge in [0.15, 0.2) is 0 Å². The highest BCUT2D eigenvalue weighted by Crippen LogP contribution is 2.52. The summed E-state index contributed by atoms with van der Waals surface area (Å²) in [4.78, 5) is 0. The highest BCUT2D eigenvalue weighted by Gasteiger charge is 2.41. The molecule has 0 nitrogen and oxygen atoms in total. The summed E-state index contributed by atoms with van der Waals surface area (Å²) >= 11 is 0. The predicted molar refractivity (Wildman–Crippen MR) is 59.9 cm³/mol. The second kappa shape index (κ2) is 4.02. The summed E-state index contributed by atoms with van der Waals surface area (Å²) in [5.41, 5.74) is 1.18. The zero-order valence-electron chi connectivity index (χ0n) is 9.95. The molecule has 0 heterocycles. The van der Waals surface area contributed by atoms with Crippen molar-refractivity contribution in [2.75, 3.05) is 0 Å². The monoisotopic (exact) mass is 182 g/mol. The second-order valence-corrected chi connectivity index (χ2v) is 5.84. The lowest BCUT2D eigenvalue weighted by atomic mass is 9.57. The van der Waals surface area contributed by atoms with E-state index in [1.807, 2.05) is 0 Å². The molecule has 0 unspecified atom stereocenters. The molecule has 0 bridgehead atoms. The van der Waals surface area contributed by atoms with Crippen molar-refractivity contribution in [2.24, 2.45) is 10.8 Å². The van der Waals surface area contributed by atoms with Crippen molar-refractivity contribution < 1.29 is 0 Å². The van der Waals surface area contributed by atoms with Crippen LogP contribution in [0.3, 0.4) is 0 Å². The van der Waals surface area contributed by atoms with Crippen molar-refractivity contribution in [1.29, 1.82) is 0 Å². The van der Waals surface area contributed by atoms with Gasteiger partial charge in [0, 0.05) is 0 Å². The van der Waals surface area contributed by atoms with Gasteiger partial charge in [-0.2, -0.15) is 0 Å². The fourth-order valence-electron chi connectivity index (χ4n) is 3.08. The zero-order chi connectivity index (χ0) is 9.95. The lowest BCUT2D eigenvalue weighted by Gasteiger charge is -2.48. The van der Waals surface area contributed by atoms with E-state index in [0.717, 1.165) is 0 Å². The minimum absolute atomic E-state index is 0.517. The lowest BCUT2D eigenvalue weighted by Crippen LogP contribution is -2.37. The van der Waals surface area contributed by atoms with Crippen LogP contribution in [0.1, 0.15) is 72.6 Å². The molecule has 13 heavy (non-hydrogen) atoms. The molecule has 1 aliphatic carbocycles. The first kappa shape index (κ1) is 11.1. The zero-order valence-corrected chi connectivity index (χ0v) is 9.95. The molecular weight excluding hydrogens is 156 g/mol. The molecule has 1 saturated carbocycles. The van der Waals surface area contributed by atoms with E-state index < -0.39 is 0 Å². The van der Waals surface area contributed by atoms with Gasteiger partial charge in [0.2, 0.25) is 0 Å². The second-order valence-electron chi connectivity index (χ2n) is 5.84. The standard InChI is InChI=1S/C13H26/c1-5-9-13(12(2,3)4)10-7-6-8-11-13/h5-11H2,1-4H3. The fourth-order valence-corrected chi connectivity index (χ4v) is 3.08. The molecule has 0 aliphatic heterocycles. The van der Waals surface area contributed by atoms with E-state index in [9.17, 15) is 0 Å². The van der Waals surface area contributed by atoms with E-state index in [1.165, 1.54) is 44.9 Å². The van der Waals surface area contributed by atoms with Crippen molar-refractivity contribution in [2.45, 2.75) is 72.6 Å². The Morgan fingerprint density at radius 2 is 1.54 bits per heavy atom. The van der Waals surface area contributed by atoms with Gasteiger partial charge < -0.3 is 0 Å². The van der Waals surface area contributed by atoms with E-state index in [2.05, 4.69) is 27.7 Å². The molecule has 0 radical (unpaired) electrons. The highest BCUT2D eigenvalue weighted by atomic mass is 14.5. The van der Waals surface area contributed by atoms with Crippen LogP contribution in [0.25, 0.3) is 0 Å². The third-order valence-electron chi connectivity index (χ3n) is 4.13. The largest absolute Gasteiger partial charge is 0.0654 e. The van der Waals surface area contributed by atoms with Crippen molar-refractivity contribution in [3.8, 4) is 0 Å². The van der Waals surface area contributed by atoms with E-state index in [4.69, 9.17) is 0 Å². The van der Waals surface area contributed by atoms with Crippen LogP contribution in [-0.4, -0.2) is 0 Å². The van der Waals surface area contributed by atoms with Crippen LogP contribution in [-0.2, 0) is 0 Å². The molecule has 0 N–H and O–H groups in total. The van der Waals surface area contributed by atoms with Crippen molar-refractivity contribution >= 4 is 0 Å². The Hall–Kier alpha value is 0. The molecule has 0 aromatic carbocycles. The average molecular weight is 182 g/mol. The fraction of sp³-hybridized carbons (Fsp3) is 1.00. The van der Waals surface area contributed by atoms with Crippen molar-refractivity contribution in [3.63, 3.8) is 0 Å². The smallest absolute Gasteiger partial charge is 0.0249 e. The number of hydrogen-bond donors (Lipinski definition) is 0. The van der Waals surface area contributed by atoms with Crippen LogP contribution < -0.4 is 0 Å². The van der Waals surface area contributed by atoms with Gasteiger partial charge in [-0.3, -0.25) is 0 Å². The maximum absolute atomic E-state index is 2.44. The third-order valence-corrected chi connectivity index (χ3v) is 4.13. The minimum Gasteiger partial charge on any atom is -0.0654 e. The molecule has 1 aliphatic rings. The van der Waals surface area contributed by atoms with Gasteiger partial charge in [0.1, 0.15) is 0 Å². The first-order chi connectivity index (χ1) is 6.02. The van der Waals surface area contributed by atoms with Crippen LogP contribution in [0.2, 0.25) is 0 Å². The molecule has 0 saturated heterocycles. The Morgan fingerprint density at radius 1 is 1.00 bits per heavy atom. The minimum atomic E-state index is 0.517. The molecule has 0 spiro atoms. The Morgan fingerprint density at radius 3 is 1.92 bits per heavy atom. The highest BCUT2D eigenvalue weighted by molar-refractivity contribution is 4.91. The van der Waals surface area contributed by atoms with Gasteiger partial charge >= 0.3 is 0 Å². The lowest BCUT2D eigenvalue weighted by molar-refractivity contribution is 0.0289. The first-order valence-corrected chi connectivity index (χ1v) is 6.02. The molecule has 78 valence electrons. The van der Waals surface area contributed by atoms with E-state index in [0.29, 0.717) is 10.8 Å². The number of hydrogen-bond acceptors (Lipinski definition) is 0. The molecule has 0 aromatic rings. The first-order valence-electron chi connectivity index (χ1n) is 6.02. The summed E-state index contributed by atoms with van der Waals surface area (Å²) in [7, 11) is 0. The number of rotatable bonds is 2. The maximum Gasteiger partial charge on any atom is -0.0249 e. The van der Waals surface area contributed by atoms with E-state index >= 15 is 0 Å². The van der Waals surface area contributed by atoms with Gasteiger partial charge in [-0.05, 0) is 30.1 Å². The Labute approximate surface area is 84.1 Å². The predicted octanol–water partition coefficient (Wildman–Crippen LogP) is 4.78. The molecule has 0 aromatic heterocycles. The Bertz CT molecular complexity index is 138. The summed E-state index contributed by atoms with van der Waals surface area (Å²) in [6.07, 6.45) is 10.2. The van der Waals surface area contributed by atoms with Crippen molar-refractivity contribution in [3.05, 3.63) is 0 Å². The molecule has 0 amide bonds. The van der Waals surface area contributed by atoms with E-state index in [-0.39, 0.29) is 0 Å². The quantitative estimate of drug-likeness (QED) is 0.576. The van der Waals surface area contributed by atoms with Gasteiger partial charge in [-0.25, -0.2) is 0 Å². The van der Waals surface area contributed by atoms with Crippen molar-refractivity contribution in [1.82, 2.24) is 0 Å². The summed E-state index contributed by atoms with van der Waals surface area (Å²) in [6, 6.07) is 0. The van der Waals surface area contributed by atoms with Crippen LogP contribution in [0, 0.1) is 10.8 Å². The van der Waals surface area contributed by atoms with Gasteiger partial charge in [0.25, 0.3) is 0 Å². The maximum atomic E-state index is 2.44. The molecular formula is C13H26. The van der Waals surface area contributed by atoms with Crippen LogP contribution in [0.4, 0.5) is 0 Å². The molecule has 1 fully saturated rings. The normalized spacial score (nSPS) is 23.1. The molecule has 0 heteroatoms. The SMILES string of the molecule is CCCC1(C(C)(C)C)CCCCC1. The van der Waals surface area contributed by atoms with Gasteiger partial charge in [-0.15, -0.1) is 0 Å². The third kappa shape index (κ3) is 2.27. The van der Waals surface area contributed by atoms with Gasteiger partial charge in [0.05, 0.1) is 0 Å². The molecule has 0 atom stereocenters.